The zero-order chi connectivity index (χ0) is 13.6. The molecule has 0 bridgehead atoms. The summed E-state index contributed by atoms with van der Waals surface area (Å²) < 4.78 is 5.27. The van der Waals surface area contributed by atoms with Gasteiger partial charge < -0.3 is 4.74 Å². The predicted molar refractivity (Wildman–Crippen MR) is 75.7 cm³/mol. The largest absolute Gasteiger partial charge is 0.465 e. The number of nitrogens with one attached hydrogen (secondary N) is 1. The van der Waals surface area contributed by atoms with Crippen molar-refractivity contribution >= 4 is 5.97 Å². The molecular formula is C16H23NO2. The molecule has 1 aliphatic rings. The number of hydrogen-bond donors (Lipinski definition) is 1. The fraction of sp³-hybridized carbons (Fsp3) is 0.562. The quantitative estimate of drug-likeness (QED) is 0.828. The van der Waals surface area contributed by atoms with E-state index in [2.05, 4.69) is 17.4 Å². The second kappa shape index (κ2) is 6.71. The Labute approximate surface area is 115 Å². The number of esters is 1. The zero-order valence-electron chi connectivity index (χ0n) is 11.7. The molecular weight excluding hydrogens is 238 g/mol. The summed E-state index contributed by atoms with van der Waals surface area (Å²) in [6, 6.07) is 10.2. The zero-order valence-corrected chi connectivity index (χ0v) is 11.7. The van der Waals surface area contributed by atoms with Crippen molar-refractivity contribution in [3.8, 4) is 0 Å². The highest BCUT2D eigenvalue weighted by molar-refractivity contribution is 5.81. The van der Waals surface area contributed by atoms with Crippen LogP contribution in [0.1, 0.15) is 44.6 Å². The van der Waals surface area contributed by atoms with Crippen molar-refractivity contribution in [2.45, 2.75) is 51.1 Å². The summed E-state index contributed by atoms with van der Waals surface area (Å²) in [7, 11) is 0. The van der Waals surface area contributed by atoms with Gasteiger partial charge in [-0.2, -0.15) is 0 Å². The summed E-state index contributed by atoms with van der Waals surface area (Å²) in [5, 5.41) is 3.46. The second-order valence-electron chi connectivity index (χ2n) is 5.20. The van der Waals surface area contributed by atoms with Crippen molar-refractivity contribution in [3.05, 3.63) is 35.9 Å². The van der Waals surface area contributed by atoms with Gasteiger partial charge in [0.15, 0.2) is 0 Å². The molecule has 0 saturated heterocycles. The Morgan fingerprint density at radius 2 is 1.89 bits per heavy atom. The van der Waals surface area contributed by atoms with E-state index in [0.29, 0.717) is 6.61 Å². The second-order valence-corrected chi connectivity index (χ2v) is 5.20. The molecule has 2 rings (SSSR count). The molecule has 3 nitrogen and oxygen atoms in total. The SMILES string of the molecule is CCOC(=O)C1(NCc2ccccc2)CCCCC1. The van der Waals surface area contributed by atoms with Crippen LogP contribution in [0.15, 0.2) is 30.3 Å². The molecule has 1 aromatic carbocycles. The van der Waals surface area contributed by atoms with Gasteiger partial charge >= 0.3 is 5.97 Å². The molecule has 0 amide bonds. The molecule has 19 heavy (non-hydrogen) atoms. The van der Waals surface area contributed by atoms with Gasteiger partial charge in [-0.3, -0.25) is 10.1 Å². The molecule has 0 heterocycles. The number of hydrogen-bond acceptors (Lipinski definition) is 3. The Morgan fingerprint density at radius 3 is 2.53 bits per heavy atom. The molecule has 1 saturated carbocycles. The standard InChI is InChI=1S/C16H23NO2/c1-2-19-15(18)16(11-7-4-8-12-16)17-13-14-9-5-3-6-10-14/h3,5-6,9-10,17H,2,4,7-8,11-13H2,1H3. The minimum absolute atomic E-state index is 0.0781. The molecule has 0 radical (unpaired) electrons. The molecule has 0 unspecified atom stereocenters. The topological polar surface area (TPSA) is 38.3 Å². The average Bonchev–Trinajstić information content (AvgIpc) is 2.47. The van der Waals surface area contributed by atoms with E-state index in [4.69, 9.17) is 4.74 Å². The van der Waals surface area contributed by atoms with Crippen LogP contribution in [0.25, 0.3) is 0 Å². The fourth-order valence-electron chi connectivity index (χ4n) is 2.74. The monoisotopic (exact) mass is 261 g/mol. The Kier molecular flexibility index (Phi) is 4.97. The molecule has 1 aliphatic carbocycles. The minimum atomic E-state index is -0.468. The van der Waals surface area contributed by atoms with Gasteiger partial charge in [0.2, 0.25) is 0 Å². The number of benzene rings is 1. The lowest BCUT2D eigenvalue weighted by Gasteiger charge is -2.35. The highest BCUT2D eigenvalue weighted by atomic mass is 16.5. The lowest BCUT2D eigenvalue weighted by molar-refractivity contribution is -0.153. The Balaban J connectivity index is 2.03. The van der Waals surface area contributed by atoms with Gasteiger partial charge in [0.1, 0.15) is 5.54 Å². The summed E-state index contributed by atoms with van der Waals surface area (Å²) in [6.07, 6.45) is 5.19. The molecule has 0 spiro atoms. The van der Waals surface area contributed by atoms with Crippen molar-refractivity contribution in [3.63, 3.8) is 0 Å². The van der Waals surface area contributed by atoms with E-state index in [1.54, 1.807) is 0 Å². The van der Waals surface area contributed by atoms with Crippen molar-refractivity contribution in [1.29, 1.82) is 0 Å². The normalized spacial score (nSPS) is 17.9. The smallest absolute Gasteiger partial charge is 0.326 e. The van der Waals surface area contributed by atoms with E-state index in [1.165, 1.54) is 12.0 Å². The molecule has 1 aromatic rings. The van der Waals surface area contributed by atoms with Crippen LogP contribution in [0.5, 0.6) is 0 Å². The maximum atomic E-state index is 12.3. The molecule has 0 atom stereocenters. The average molecular weight is 261 g/mol. The number of carbonyl (C=O) groups excluding carboxylic acids is 1. The first-order chi connectivity index (χ1) is 9.27. The summed E-state index contributed by atoms with van der Waals surface area (Å²) in [4.78, 5) is 12.3. The van der Waals surface area contributed by atoms with Crippen LogP contribution in [-0.2, 0) is 16.1 Å². The Morgan fingerprint density at radius 1 is 1.21 bits per heavy atom. The molecule has 104 valence electrons. The van der Waals surface area contributed by atoms with Crippen LogP contribution in [-0.4, -0.2) is 18.1 Å². The van der Waals surface area contributed by atoms with Gasteiger partial charge in [-0.1, -0.05) is 49.6 Å². The van der Waals surface area contributed by atoms with E-state index in [1.807, 2.05) is 25.1 Å². The first kappa shape index (κ1) is 14.1. The number of carbonyl (C=O) groups is 1. The van der Waals surface area contributed by atoms with Crippen LogP contribution >= 0.6 is 0 Å². The first-order valence-electron chi connectivity index (χ1n) is 7.23. The maximum absolute atomic E-state index is 12.3. The third-order valence-electron chi connectivity index (χ3n) is 3.85. The number of rotatable bonds is 5. The fourth-order valence-corrected chi connectivity index (χ4v) is 2.74. The van der Waals surface area contributed by atoms with Crippen molar-refractivity contribution in [2.24, 2.45) is 0 Å². The predicted octanol–water partition coefficient (Wildman–Crippen LogP) is 3.04. The van der Waals surface area contributed by atoms with Crippen LogP contribution in [0.2, 0.25) is 0 Å². The van der Waals surface area contributed by atoms with Gasteiger partial charge in [-0.15, -0.1) is 0 Å². The third-order valence-corrected chi connectivity index (χ3v) is 3.85. The van der Waals surface area contributed by atoms with Gasteiger partial charge in [0, 0.05) is 6.54 Å². The van der Waals surface area contributed by atoms with E-state index in [9.17, 15) is 4.79 Å². The van der Waals surface area contributed by atoms with E-state index >= 15 is 0 Å². The lowest BCUT2D eigenvalue weighted by atomic mass is 9.81. The van der Waals surface area contributed by atoms with Crippen molar-refractivity contribution in [1.82, 2.24) is 5.32 Å². The number of ether oxygens (including phenoxy) is 1. The summed E-state index contributed by atoms with van der Waals surface area (Å²) in [5.41, 5.74) is 0.737. The van der Waals surface area contributed by atoms with Crippen molar-refractivity contribution < 1.29 is 9.53 Å². The molecule has 1 fully saturated rings. The minimum Gasteiger partial charge on any atom is -0.465 e. The van der Waals surface area contributed by atoms with E-state index < -0.39 is 5.54 Å². The van der Waals surface area contributed by atoms with Gasteiger partial charge in [-0.05, 0) is 25.3 Å². The molecule has 0 aliphatic heterocycles. The Hall–Kier alpha value is -1.35. The van der Waals surface area contributed by atoms with Crippen LogP contribution in [0, 0.1) is 0 Å². The van der Waals surface area contributed by atoms with Gasteiger partial charge in [0.25, 0.3) is 0 Å². The van der Waals surface area contributed by atoms with Gasteiger partial charge in [0.05, 0.1) is 6.61 Å². The van der Waals surface area contributed by atoms with Crippen molar-refractivity contribution in [2.75, 3.05) is 6.61 Å². The van der Waals surface area contributed by atoms with Crippen LogP contribution in [0.3, 0.4) is 0 Å². The Bertz CT molecular complexity index is 396. The summed E-state index contributed by atoms with van der Waals surface area (Å²) in [6.45, 7) is 3.04. The third kappa shape index (κ3) is 3.57. The highest BCUT2D eigenvalue weighted by Gasteiger charge is 2.40. The molecule has 1 N–H and O–H groups in total. The highest BCUT2D eigenvalue weighted by Crippen LogP contribution is 2.29. The van der Waals surface area contributed by atoms with Crippen LogP contribution < -0.4 is 5.32 Å². The summed E-state index contributed by atoms with van der Waals surface area (Å²) in [5.74, 6) is -0.0781. The molecule has 3 heteroatoms. The van der Waals surface area contributed by atoms with Crippen LogP contribution in [0.4, 0.5) is 0 Å². The van der Waals surface area contributed by atoms with E-state index in [0.717, 1.165) is 32.2 Å². The first-order valence-corrected chi connectivity index (χ1v) is 7.23. The van der Waals surface area contributed by atoms with Gasteiger partial charge in [-0.25, -0.2) is 0 Å². The maximum Gasteiger partial charge on any atom is 0.326 e. The summed E-state index contributed by atoms with van der Waals surface area (Å²) >= 11 is 0. The molecule has 0 aromatic heterocycles. The van der Waals surface area contributed by atoms with E-state index in [-0.39, 0.29) is 5.97 Å². The lowest BCUT2D eigenvalue weighted by Crippen LogP contribution is -2.53.